The van der Waals surface area contributed by atoms with E-state index < -0.39 is 0 Å². The monoisotopic (exact) mass is 124 g/mol. The van der Waals surface area contributed by atoms with E-state index in [9.17, 15) is 0 Å². The second-order valence-corrected chi connectivity index (χ2v) is 2.55. The molecule has 1 aliphatic rings. The molecule has 0 spiro atoms. The van der Waals surface area contributed by atoms with Crippen molar-refractivity contribution in [1.82, 2.24) is 0 Å². The third kappa shape index (κ3) is 0.305. The van der Waals surface area contributed by atoms with Gasteiger partial charge in [0, 0.05) is 0 Å². The van der Waals surface area contributed by atoms with Crippen LogP contribution in [0.2, 0.25) is 0 Å². The van der Waals surface area contributed by atoms with Crippen LogP contribution in [-0.2, 0) is 0 Å². The number of thiophene rings is 1. The topological polar surface area (TPSA) is 38.4 Å². The first kappa shape index (κ1) is 4.09. The molecule has 0 amide bonds. The van der Waals surface area contributed by atoms with Crippen molar-refractivity contribution in [3.05, 3.63) is 16.3 Å². The maximum atomic E-state index is 5.39. The number of fused-ring (bicyclic) bond motifs is 1. The minimum Gasteiger partial charge on any atom is -0.382 e. The second kappa shape index (κ2) is 1.11. The van der Waals surface area contributed by atoms with E-state index in [0.29, 0.717) is 5.84 Å². The first-order chi connectivity index (χ1) is 3.88. The Morgan fingerprint density at radius 1 is 1.62 bits per heavy atom. The summed E-state index contributed by atoms with van der Waals surface area (Å²) in [6.45, 7) is 0. The molecule has 2 N–H and O–H groups in total. The van der Waals surface area contributed by atoms with E-state index in [1.54, 1.807) is 11.3 Å². The fourth-order valence-electron chi connectivity index (χ4n) is 0.710. The molecule has 2 rings (SSSR count). The van der Waals surface area contributed by atoms with Crippen LogP contribution in [-0.4, -0.2) is 5.84 Å². The van der Waals surface area contributed by atoms with Gasteiger partial charge in [-0.25, -0.2) is 4.99 Å². The Hall–Kier alpha value is -0.830. The minimum absolute atomic E-state index is 0.690. The van der Waals surface area contributed by atoms with Crippen LogP contribution in [0.5, 0.6) is 0 Å². The number of aliphatic imine (C=N–C) groups is 1. The fourth-order valence-corrected chi connectivity index (χ4v) is 1.44. The zero-order valence-corrected chi connectivity index (χ0v) is 4.90. The van der Waals surface area contributed by atoms with Gasteiger partial charge in [0.15, 0.2) is 0 Å². The van der Waals surface area contributed by atoms with Crippen LogP contribution in [0.4, 0.5) is 5.69 Å². The van der Waals surface area contributed by atoms with Gasteiger partial charge in [-0.2, -0.15) is 0 Å². The van der Waals surface area contributed by atoms with E-state index in [2.05, 4.69) is 4.99 Å². The maximum Gasteiger partial charge on any atom is 0.143 e. The zero-order chi connectivity index (χ0) is 5.56. The molecule has 3 heteroatoms. The standard InChI is InChI=1S/C5H4N2S/c6-5-4-3(7-5)1-2-8-4/h1-2H,(H2,6,7). The van der Waals surface area contributed by atoms with Crippen molar-refractivity contribution in [3.63, 3.8) is 0 Å². The number of rotatable bonds is 0. The molecule has 0 atom stereocenters. The van der Waals surface area contributed by atoms with Gasteiger partial charge in [0.2, 0.25) is 0 Å². The van der Waals surface area contributed by atoms with E-state index in [-0.39, 0.29) is 0 Å². The lowest BCUT2D eigenvalue weighted by Crippen LogP contribution is -2.16. The summed E-state index contributed by atoms with van der Waals surface area (Å²) in [6.07, 6.45) is 0. The minimum atomic E-state index is 0.690. The lowest BCUT2D eigenvalue weighted by molar-refractivity contribution is 1.43. The van der Waals surface area contributed by atoms with Crippen molar-refractivity contribution >= 4 is 22.9 Å². The summed E-state index contributed by atoms with van der Waals surface area (Å²) in [5.41, 5.74) is 6.44. The summed E-state index contributed by atoms with van der Waals surface area (Å²) >= 11 is 1.64. The Morgan fingerprint density at radius 2 is 2.50 bits per heavy atom. The van der Waals surface area contributed by atoms with Crippen molar-refractivity contribution in [2.24, 2.45) is 10.7 Å². The molecule has 2 nitrogen and oxygen atoms in total. The quantitative estimate of drug-likeness (QED) is 0.552. The Morgan fingerprint density at radius 3 is 3.00 bits per heavy atom. The first-order valence-electron chi connectivity index (χ1n) is 2.30. The summed E-state index contributed by atoms with van der Waals surface area (Å²) in [7, 11) is 0. The van der Waals surface area contributed by atoms with Crippen LogP contribution >= 0.6 is 11.3 Å². The summed E-state index contributed by atoms with van der Waals surface area (Å²) < 4.78 is 0. The summed E-state index contributed by atoms with van der Waals surface area (Å²) in [5.74, 6) is 0.690. The van der Waals surface area contributed by atoms with E-state index in [1.165, 1.54) is 0 Å². The largest absolute Gasteiger partial charge is 0.382 e. The molecular formula is C5H4N2S. The molecule has 1 aromatic heterocycles. The van der Waals surface area contributed by atoms with Gasteiger partial charge in [-0.15, -0.1) is 11.3 Å². The van der Waals surface area contributed by atoms with Gasteiger partial charge < -0.3 is 5.73 Å². The Kier molecular flexibility index (Phi) is 0.569. The van der Waals surface area contributed by atoms with Gasteiger partial charge in [-0.05, 0) is 11.4 Å². The summed E-state index contributed by atoms with van der Waals surface area (Å²) in [4.78, 5) is 5.09. The van der Waals surface area contributed by atoms with Gasteiger partial charge in [0.25, 0.3) is 0 Å². The van der Waals surface area contributed by atoms with Crippen LogP contribution in [0.15, 0.2) is 16.4 Å². The molecule has 0 aliphatic carbocycles. The average Bonchev–Trinajstić information content (AvgIpc) is 2.09. The molecule has 8 heavy (non-hydrogen) atoms. The third-order valence-electron chi connectivity index (χ3n) is 1.12. The van der Waals surface area contributed by atoms with Gasteiger partial charge in [0.1, 0.15) is 5.84 Å². The average molecular weight is 124 g/mol. The number of hydrogen-bond donors (Lipinski definition) is 1. The molecule has 0 saturated carbocycles. The fraction of sp³-hybridized carbons (Fsp3) is 0. The number of hydrogen-bond acceptors (Lipinski definition) is 3. The highest BCUT2D eigenvalue weighted by Crippen LogP contribution is 2.32. The maximum absolute atomic E-state index is 5.39. The van der Waals surface area contributed by atoms with Crippen LogP contribution in [0.1, 0.15) is 4.88 Å². The van der Waals surface area contributed by atoms with Crippen LogP contribution < -0.4 is 5.73 Å². The van der Waals surface area contributed by atoms with E-state index >= 15 is 0 Å². The zero-order valence-electron chi connectivity index (χ0n) is 4.09. The predicted octanol–water partition coefficient (Wildman–Crippen LogP) is 1.10. The van der Waals surface area contributed by atoms with Gasteiger partial charge in [0.05, 0.1) is 10.6 Å². The molecule has 0 aromatic carbocycles. The molecular weight excluding hydrogens is 120 g/mol. The molecule has 0 saturated heterocycles. The number of nitrogens with two attached hydrogens (primary N) is 1. The van der Waals surface area contributed by atoms with Crippen LogP contribution in [0.3, 0.4) is 0 Å². The summed E-state index contributed by atoms with van der Waals surface area (Å²) in [5, 5.41) is 1.99. The highest BCUT2D eigenvalue weighted by Gasteiger charge is 2.15. The molecule has 0 unspecified atom stereocenters. The van der Waals surface area contributed by atoms with E-state index in [1.807, 2.05) is 11.4 Å². The predicted molar refractivity (Wildman–Crippen MR) is 34.7 cm³/mol. The smallest absolute Gasteiger partial charge is 0.143 e. The van der Waals surface area contributed by atoms with Crippen molar-refractivity contribution in [2.75, 3.05) is 0 Å². The van der Waals surface area contributed by atoms with Gasteiger partial charge in [-0.3, -0.25) is 0 Å². The van der Waals surface area contributed by atoms with Crippen molar-refractivity contribution in [2.45, 2.75) is 0 Å². The summed E-state index contributed by atoms with van der Waals surface area (Å²) in [6, 6.07) is 1.97. The molecule has 0 fully saturated rings. The molecule has 1 aliphatic heterocycles. The molecule has 1 aromatic rings. The van der Waals surface area contributed by atoms with Crippen molar-refractivity contribution in [3.8, 4) is 0 Å². The number of nitrogens with zero attached hydrogens (tertiary/aromatic N) is 1. The normalized spacial score (nSPS) is 14.2. The Labute approximate surface area is 50.7 Å². The second-order valence-electron chi connectivity index (χ2n) is 1.63. The Balaban J connectivity index is 2.64. The lowest BCUT2D eigenvalue weighted by Gasteiger charge is -2.06. The molecule has 2 heterocycles. The van der Waals surface area contributed by atoms with Gasteiger partial charge >= 0.3 is 0 Å². The van der Waals surface area contributed by atoms with E-state index in [4.69, 9.17) is 5.73 Å². The lowest BCUT2D eigenvalue weighted by atomic mass is 10.3. The van der Waals surface area contributed by atoms with Gasteiger partial charge in [-0.1, -0.05) is 0 Å². The third-order valence-corrected chi connectivity index (χ3v) is 2.04. The SMILES string of the molecule is NC1=Nc2ccsc21. The van der Waals surface area contributed by atoms with Crippen molar-refractivity contribution in [1.29, 1.82) is 0 Å². The Bertz CT molecular complexity index is 249. The molecule has 0 radical (unpaired) electrons. The van der Waals surface area contributed by atoms with E-state index in [0.717, 1.165) is 10.6 Å². The van der Waals surface area contributed by atoms with Crippen LogP contribution in [0, 0.1) is 0 Å². The van der Waals surface area contributed by atoms with Crippen molar-refractivity contribution < 1.29 is 0 Å². The molecule has 0 bridgehead atoms. The highest BCUT2D eigenvalue weighted by atomic mass is 32.1. The molecule has 40 valence electrons. The van der Waals surface area contributed by atoms with Crippen LogP contribution in [0.25, 0.3) is 0 Å². The highest BCUT2D eigenvalue weighted by molar-refractivity contribution is 7.13. The number of amidine groups is 1. The first-order valence-corrected chi connectivity index (χ1v) is 3.18.